The van der Waals surface area contributed by atoms with Crippen molar-refractivity contribution in [1.29, 1.82) is 0 Å². The molecule has 5 heteroatoms. The van der Waals surface area contributed by atoms with Crippen molar-refractivity contribution in [2.75, 3.05) is 0 Å². The van der Waals surface area contributed by atoms with Gasteiger partial charge in [-0.3, -0.25) is 9.67 Å². The van der Waals surface area contributed by atoms with Gasteiger partial charge in [0.05, 0.1) is 6.04 Å². The third-order valence-electron chi connectivity index (χ3n) is 2.99. The molecule has 1 N–H and O–H groups in total. The van der Waals surface area contributed by atoms with Crippen LogP contribution in [0.5, 0.6) is 0 Å². The molecule has 3 nitrogen and oxygen atoms in total. The summed E-state index contributed by atoms with van der Waals surface area (Å²) in [5.41, 5.74) is 0. The van der Waals surface area contributed by atoms with Crippen molar-refractivity contribution in [3.8, 4) is 0 Å². The van der Waals surface area contributed by atoms with Gasteiger partial charge >= 0.3 is 0 Å². The van der Waals surface area contributed by atoms with Crippen LogP contribution in [0.1, 0.15) is 56.3 Å². The van der Waals surface area contributed by atoms with Crippen LogP contribution >= 0.6 is 23.6 Å². The van der Waals surface area contributed by atoms with Crippen molar-refractivity contribution < 1.29 is 0 Å². The number of aromatic amines is 1. The highest BCUT2D eigenvalue weighted by atomic mass is 32.1. The van der Waals surface area contributed by atoms with Crippen LogP contribution in [0.4, 0.5) is 0 Å². The summed E-state index contributed by atoms with van der Waals surface area (Å²) >= 11 is 7.20. The van der Waals surface area contributed by atoms with E-state index in [0.29, 0.717) is 12.0 Å². The SMILES string of the molecule is CCCC(c1cccs1)n1c(C(C)C)n[nH]c1=S. The maximum Gasteiger partial charge on any atom is 0.195 e. The quantitative estimate of drug-likeness (QED) is 0.818. The highest BCUT2D eigenvalue weighted by Gasteiger charge is 2.20. The van der Waals surface area contributed by atoms with E-state index < -0.39 is 0 Å². The van der Waals surface area contributed by atoms with E-state index in [-0.39, 0.29) is 0 Å². The number of nitrogens with zero attached hydrogens (tertiary/aromatic N) is 2. The summed E-state index contributed by atoms with van der Waals surface area (Å²) in [5.74, 6) is 1.42. The first kappa shape index (κ1) is 13.5. The molecule has 0 aromatic carbocycles. The third-order valence-corrected chi connectivity index (χ3v) is 4.26. The molecule has 2 heterocycles. The summed E-state index contributed by atoms with van der Waals surface area (Å²) in [4.78, 5) is 1.36. The molecule has 0 saturated carbocycles. The molecular formula is C13H19N3S2. The summed E-state index contributed by atoms with van der Waals surface area (Å²) in [7, 11) is 0. The summed E-state index contributed by atoms with van der Waals surface area (Å²) in [6, 6.07) is 4.60. The first-order chi connectivity index (χ1) is 8.65. The van der Waals surface area contributed by atoms with Gasteiger partial charge in [0.2, 0.25) is 0 Å². The second-order valence-corrected chi connectivity index (χ2v) is 6.10. The minimum atomic E-state index is 0.318. The highest BCUT2D eigenvalue weighted by Crippen LogP contribution is 2.30. The molecule has 0 saturated heterocycles. The molecular weight excluding hydrogens is 262 g/mol. The molecule has 18 heavy (non-hydrogen) atoms. The van der Waals surface area contributed by atoms with E-state index in [1.54, 1.807) is 11.3 Å². The maximum atomic E-state index is 5.41. The van der Waals surface area contributed by atoms with Crippen LogP contribution in [0.3, 0.4) is 0 Å². The zero-order valence-corrected chi connectivity index (χ0v) is 12.6. The fraction of sp³-hybridized carbons (Fsp3) is 0.538. The number of hydrogen-bond acceptors (Lipinski definition) is 3. The Morgan fingerprint density at radius 3 is 2.83 bits per heavy atom. The average Bonchev–Trinajstić information content (AvgIpc) is 2.95. The van der Waals surface area contributed by atoms with Gasteiger partial charge < -0.3 is 0 Å². The molecule has 0 bridgehead atoms. The minimum absolute atomic E-state index is 0.318. The van der Waals surface area contributed by atoms with Crippen LogP contribution in [0.25, 0.3) is 0 Å². The Bertz CT molecular complexity index is 537. The lowest BCUT2D eigenvalue weighted by Crippen LogP contribution is -2.14. The van der Waals surface area contributed by atoms with Gasteiger partial charge in [0.15, 0.2) is 4.77 Å². The van der Waals surface area contributed by atoms with Crippen LogP contribution in [0.15, 0.2) is 17.5 Å². The molecule has 1 atom stereocenters. The summed E-state index contributed by atoms with van der Waals surface area (Å²) in [6.07, 6.45) is 2.22. The van der Waals surface area contributed by atoms with E-state index >= 15 is 0 Å². The van der Waals surface area contributed by atoms with E-state index in [1.807, 2.05) is 0 Å². The van der Waals surface area contributed by atoms with E-state index in [1.165, 1.54) is 4.88 Å². The van der Waals surface area contributed by atoms with Crippen LogP contribution in [-0.4, -0.2) is 14.8 Å². The zero-order valence-electron chi connectivity index (χ0n) is 11.0. The lowest BCUT2D eigenvalue weighted by molar-refractivity contribution is 0.504. The Morgan fingerprint density at radius 1 is 1.50 bits per heavy atom. The highest BCUT2D eigenvalue weighted by molar-refractivity contribution is 7.71. The number of hydrogen-bond donors (Lipinski definition) is 1. The lowest BCUT2D eigenvalue weighted by Gasteiger charge is -2.19. The number of rotatable bonds is 5. The topological polar surface area (TPSA) is 33.6 Å². The Labute approximate surface area is 117 Å². The van der Waals surface area contributed by atoms with E-state index in [2.05, 4.69) is 53.0 Å². The molecule has 2 aromatic heterocycles. The number of H-pyrrole nitrogens is 1. The second-order valence-electron chi connectivity index (χ2n) is 4.73. The predicted molar refractivity (Wildman–Crippen MR) is 78.9 cm³/mol. The molecule has 2 aromatic rings. The molecule has 0 aliphatic rings. The van der Waals surface area contributed by atoms with Crippen LogP contribution < -0.4 is 0 Å². The largest absolute Gasteiger partial charge is 0.295 e. The molecule has 0 fully saturated rings. The van der Waals surface area contributed by atoms with Gasteiger partial charge in [0.1, 0.15) is 5.82 Å². The number of nitrogens with one attached hydrogen (secondary N) is 1. The lowest BCUT2D eigenvalue weighted by atomic mass is 10.1. The van der Waals surface area contributed by atoms with Gasteiger partial charge in [-0.2, -0.15) is 5.10 Å². The van der Waals surface area contributed by atoms with Crippen molar-refractivity contribution in [2.45, 2.75) is 45.6 Å². The van der Waals surface area contributed by atoms with Crippen molar-refractivity contribution in [3.63, 3.8) is 0 Å². The molecule has 0 amide bonds. The second kappa shape index (κ2) is 5.80. The molecule has 2 rings (SSSR count). The van der Waals surface area contributed by atoms with Crippen molar-refractivity contribution >= 4 is 23.6 Å². The third kappa shape index (κ3) is 2.57. The van der Waals surface area contributed by atoms with E-state index in [0.717, 1.165) is 23.4 Å². The first-order valence-corrected chi connectivity index (χ1v) is 7.64. The Hall–Kier alpha value is -0.940. The Balaban J connectivity index is 2.49. The summed E-state index contributed by atoms with van der Waals surface area (Å²) < 4.78 is 2.92. The van der Waals surface area contributed by atoms with Crippen molar-refractivity contribution in [1.82, 2.24) is 14.8 Å². The Kier molecular flexibility index (Phi) is 4.35. The molecule has 0 aliphatic carbocycles. The number of thiophene rings is 1. The van der Waals surface area contributed by atoms with Gasteiger partial charge in [-0.25, -0.2) is 0 Å². The van der Waals surface area contributed by atoms with Gasteiger partial charge in [-0.15, -0.1) is 11.3 Å². The Morgan fingerprint density at radius 2 is 2.28 bits per heavy atom. The van der Waals surface area contributed by atoms with E-state index in [4.69, 9.17) is 12.2 Å². The number of aromatic nitrogens is 3. The monoisotopic (exact) mass is 281 g/mol. The normalized spacial score (nSPS) is 13.1. The molecule has 0 radical (unpaired) electrons. The fourth-order valence-corrected chi connectivity index (χ4v) is 3.30. The predicted octanol–water partition coefficient (Wildman–Crippen LogP) is 4.52. The first-order valence-electron chi connectivity index (χ1n) is 6.35. The van der Waals surface area contributed by atoms with Crippen LogP contribution in [0.2, 0.25) is 0 Å². The van der Waals surface area contributed by atoms with Crippen molar-refractivity contribution in [3.05, 3.63) is 33.0 Å². The van der Waals surface area contributed by atoms with Gasteiger partial charge in [0.25, 0.3) is 0 Å². The smallest absolute Gasteiger partial charge is 0.195 e. The fourth-order valence-electron chi connectivity index (χ4n) is 2.18. The molecule has 1 unspecified atom stereocenters. The van der Waals surface area contributed by atoms with Crippen LogP contribution in [0, 0.1) is 4.77 Å². The van der Waals surface area contributed by atoms with E-state index in [9.17, 15) is 0 Å². The van der Waals surface area contributed by atoms with Gasteiger partial charge in [0, 0.05) is 10.8 Å². The maximum absolute atomic E-state index is 5.41. The molecule has 0 aliphatic heterocycles. The van der Waals surface area contributed by atoms with Crippen molar-refractivity contribution in [2.24, 2.45) is 0 Å². The van der Waals surface area contributed by atoms with Crippen LogP contribution in [-0.2, 0) is 0 Å². The standard InChI is InChI=1S/C13H19N3S2/c1-4-6-10(11-7-5-8-18-11)16-12(9(2)3)14-15-13(16)17/h5,7-10H,4,6H2,1-3H3,(H,15,17). The minimum Gasteiger partial charge on any atom is -0.295 e. The zero-order chi connectivity index (χ0) is 13.1. The molecule has 98 valence electrons. The van der Waals surface area contributed by atoms with Gasteiger partial charge in [-0.05, 0) is 30.1 Å². The average molecular weight is 281 g/mol. The summed E-state index contributed by atoms with van der Waals surface area (Å²) in [5, 5.41) is 9.44. The molecule has 0 spiro atoms. The summed E-state index contributed by atoms with van der Waals surface area (Å²) in [6.45, 7) is 6.51. The van der Waals surface area contributed by atoms with Gasteiger partial charge in [-0.1, -0.05) is 33.3 Å².